The standard InChI is InChI=1S/C19H30N4O/c1-14(2)18(23-8-10-24-11-9-23)13-21-19(20)22-17-7-6-15-4-3-5-16(15)12-17/h6-7,12,14,18H,3-5,8-11,13H2,1-2H3,(H3,20,21,22). The summed E-state index contributed by atoms with van der Waals surface area (Å²) in [6, 6.07) is 6.94. The first-order chi connectivity index (χ1) is 11.6. The quantitative estimate of drug-likeness (QED) is 0.642. The van der Waals surface area contributed by atoms with Gasteiger partial charge in [0, 0.05) is 24.8 Å². The Kier molecular flexibility index (Phi) is 5.74. The highest BCUT2D eigenvalue weighted by Gasteiger charge is 2.23. The molecule has 3 N–H and O–H groups in total. The lowest BCUT2D eigenvalue weighted by Crippen LogP contribution is -2.47. The third kappa shape index (κ3) is 4.28. The second-order valence-corrected chi connectivity index (χ2v) is 7.15. The van der Waals surface area contributed by atoms with Crippen LogP contribution < -0.4 is 11.1 Å². The second-order valence-electron chi connectivity index (χ2n) is 7.15. The number of hydrogen-bond donors (Lipinski definition) is 2. The highest BCUT2D eigenvalue weighted by molar-refractivity contribution is 5.92. The molecule has 0 aromatic heterocycles. The van der Waals surface area contributed by atoms with Gasteiger partial charge in [-0.2, -0.15) is 0 Å². The summed E-state index contributed by atoms with van der Waals surface area (Å²) in [4.78, 5) is 7.08. The van der Waals surface area contributed by atoms with Crippen LogP contribution in [0.2, 0.25) is 0 Å². The minimum absolute atomic E-state index is 0.411. The third-order valence-corrected chi connectivity index (χ3v) is 5.10. The van der Waals surface area contributed by atoms with E-state index in [9.17, 15) is 0 Å². The lowest BCUT2D eigenvalue weighted by molar-refractivity contribution is 0.00870. The van der Waals surface area contributed by atoms with E-state index in [1.807, 2.05) is 0 Å². The van der Waals surface area contributed by atoms with Gasteiger partial charge in [-0.1, -0.05) is 19.9 Å². The van der Waals surface area contributed by atoms with E-state index in [0.29, 0.717) is 17.9 Å². The fourth-order valence-electron chi connectivity index (χ4n) is 3.69. The average molecular weight is 330 g/mol. The molecule has 1 aromatic rings. The summed E-state index contributed by atoms with van der Waals surface area (Å²) in [6.45, 7) is 8.82. The molecule has 5 heteroatoms. The van der Waals surface area contributed by atoms with Crippen LogP contribution in [0.3, 0.4) is 0 Å². The number of rotatable bonds is 5. The van der Waals surface area contributed by atoms with Gasteiger partial charge in [0.1, 0.15) is 0 Å². The number of guanidine groups is 1. The molecular weight excluding hydrogens is 300 g/mol. The summed E-state index contributed by atoms with van der Waals surface area (Å²) in [5, 5.41) is 3.25. The Morgan fingerprint density at radius 2 is 2.00 bits per heavy atom. The Morgan fingerprint density at radius 1 is 1.25 bits per heavy atom. The maximum atomic E-state index is 6.12. The predicted octanol–water partition coefficient (Wildman–Crippen LogP) is 2.26. The molecule has 1 aliphatic heterocycles. The number of ether oxygens (including phenoxy) is 1. The number of morpholine rings is 1. The fraction of sp³-hybridized carbons (Fsp3) is 0.632. The normalized spacial score (nSPS) is 20.2. The van der Waals surface area contributed by atoms with E-state index in [0.717, 1.165) is 38.5 Å². The maximum Gasteiger partial charge on any atom is 0.193 e. The van der Waals surface area contributed by atoms with E-state index in [-0.39, 0.29) is 0 Å². The number of nitrogens with zero attached hydrogens (tertiary/aromatic N) is 2. The fourth-order valence-corrected chi connectivity index (χ4v) is 3.69. The minimum Gasteiger partial charge on any atom is -0.379 e. The molecule has 24 heavy (non-hydrogen) atoms. The molecule has 1 aromatic carbocycles. The highest BCUT2D eigenvalue weighted by atomic mass is 16.5. The molecule has 1 aliphatic carbocycles. The number of fused-ring (bicyclic) bond motifs is 1. The molecule has 0 saturated carbocycles. The van der Waals surface area contributed by atoms with E-state index in [2.05, 4.69) is 47.3 Å². The molecule has 1 atom stereocenters. The van der Waals surface area contributed by atoms with Gasteiger partial charge in [-0.25, -0.2) is 0 Å². The zero-order chi connectivity index (χ0) is 16.9. The van der Waals surface area contributed by atoms with Crippen LogP contribution in [0.1, 0.15) is 31.4 Å². The van der Waals surface area contributed by atoms with Gasteiger partial charge >= 0.3 is 0 Å². The van der Waals surface area contributed by atoms with Gasteiger partial charge in [0.25, 0.3) is 0 Å². The SMILES string of the molecule is CC(C)C(CN=C(N)Nc1ccc2c(c1)CCC2)N1CCOCC1. The first-order valence-electron chi connectivity index (χ1n) is 9.14. The molecule has 3 rings (SSSR count). The number of anilines is 1. The summed E-state index contributed by atoms with van der Waals surface area (Å²) in [5.41, 5.74) is 10.1. The summed E-state index contributed by atoms with van der Waals surface area (Å²) in [5.74, 6) is 1.05. The maximum absolute atomic E-state index is 6.12. The Morgan fingerprint density at radius 3 is 2.75 bits per heavy atom. The van der Waals surface area contributed by atoms with Crippen molar-refractivity contribution >= 4 is 11.6 Å². The van der Waals surface area contributed by atoms with Crippen LogP contribution in [0.5, 0.6) is 0 Å². The molecule has 0 bridgehead atoms. The van der Waals surface area contributed by atoms with Gasteiger partial charge in [-0.3, -0.25) is 9.89 Å². The number of nitrogens with one attached hydrogen (secondary N) is 1. The highest BCUT2D eigenvalue weighted by Crippen LogP contribution is 2.24. The van der Waals surface area contributed by atoms with Crippen molar-refractivity contribution in [2.24, 2.45) is 16.6 Å². The van der Waals surface area contributed by atoms with Crippen LogP contribution >= 0.6 is 0 Å². The van der Waals surface area contributed by atoms with E-state index < -0.39 is 0 Å². The molecule has 1 fully saturated rings. The molecule has 0 spiro atoms. The van der Waals surface area contributed by atoms with Gasteiger partial charge in [0.15, 0.2) is 5.96 Å². The monoisotopic (exact) mass is 330 g/mol. The third-order valence-electron chi connectivity index (χ3n) is 5.10. The smallest absolute Gasteiger partial charge is 0.193 e. The van der Waals surface area contributed by atoms with Gasteiger partial charge < -0.3 is 15.8 Å². The summed E-state index contributed by atoms with van der Waals surface area (Å²) in [7, 11) is 0. The average Bonchev–Trinajstić information content (AvgIpc) is 3.03. The van der Waals surface area contributed by atoms with Crippen molar-refractivity contribution in [2.45, 2.75) is 39.2 Å². The molecule has 0 radical (unpaired) electrons. The molecule has 2 aliphatic rings. The van der Waals surface area contributed by atoms with Crippen molar-refractivity contribution in [1.29, 1.82) is 0 Å². The molecule has 1 heterocycles. The second kappa shape index (κ2) is 7.99. The Bertz CT molecular complexity index is 579. The van der Waals surface area contributed by atoms with Crippen molar-refractivity contribution in [3.05, 3.63) is 29.3 Å². The summed E-state index contributed by atoms with van der Waals surface area (Å²) < 4.78 is 5.46. The lowest BCUT2D eigenvalue weighted by Gasteiger charge is -2.36. The van der Waals surface area contributed by atoms with Crippen molar-refractivity contribution < 1.29 is 4.74 Å². The zero-order valence-electron chi connectivity index (χ0n) is 14.9. The topological polar surface area (TPSA) is 62.9 Å². The predicted molar refractivity (Wildman–Crippen MR) is 99.6 cm³/mol. The van der Waals surface area contributed by atoms with Crippen molar-refractivity contribution in [3.8, 4) is 0 Å². The van der Waals surface area contributed by atoms with Crippen LogP contribution in [0.25, 0.3) is 0 Å². The van der Waals surface area contributed by atoms with E-state index in [1.165, 1.54) is 30.4 Å². The van der Waals surface area contributed by atoms with Crippen LogP contribution in [0.15, 0.2) is 23.2 Å². The van der Waals surface area contributed by atoms with E-state index in [1.54, 1.807) is 0 Å². The molecule has 0 amide bonds. The molecule has 132 valence electrons. The van der Waals surface area contributed by atoms with E-state index >= 15 is 0 Å². The van der Waals surface area contributed by atoms with Crippen LogP contribution in [0.4, 0.5) is 5.69 Å². The van der Waals surface area contributed by atoms with Crippen LogP contribution in [-0.4, -0.2) is 49.7 Å². The largest absolute Gasteiger partial charge is 0.379 e. The Labute approximate surface area is 145 Å². The van der Waals surface area contributed by atoms with E-state index in [4.69, 9.17) is 10.5 Å². The minimum atomic E-state index is 0.411. The number of hydrogen-bond acceptors (Lipinski definition) is 3. The van der Waals surface area contributed by atoms with Gasteiger partial charge in [-0.05, 0) is 48.4 Å². The zero-order valence-corrected chi connectivity index (χ0v) is 14.9. The summed E-state index contributed by atoms with van der Waals surface area (Å²) >= 11 is 0. The molecule has 1 saturated heterocycles. The first-order valence-corrected chi connectivity index (χ1v) is 9.14. The number of aliphatic imine (C=N–C) groups is 1. The van der Waals surface area contributed by atoms with Crippen molar-refractivity contribution in [3.63, 3.8) is 0 Å². The van der Waals surface area contributed by atoms with Gasteiger partial charge in [0.2, 0.25) is 0 Å². The number of benzene rings is 1. The Hall–Kier alpha value is -1.59. The van der Waals surface area contributed by atoms with Crippen molar-refractivity contribution in [1.82, 2.24) is 4.90 Å². The molecular formula is C19H30N4O. The van der Waals surface area contributed by atoms with Crippen LogP contribution in [0, 0.1) is 5.92 Å². The van der Waals surface area contributed by atoms with Gasteiger partial charge in [0.05, 0.1) is 19.8 Å². The molecule has 1 unspecified atom stereocenters. The molecule has 5 nitrogen and oxygen atoms in total. The van der Waals surface area contributed by atoms with Crippen LogP contribution in [-0.2, 0) is 17.6 Å². The van der Waals surface area contributed by atoms with Gasteiger partial charge in [-0.15, -0.1) is 0 Å². The number of aryl methyl sites for hydroxylation is 2. The number of nitrogens with two attached hydrogens (primary N) is 1. The van der Waals surface area contributed by atoms with Crippen molar-refractivity contribution in [2.75, 3.05) is 38.2 Å². The first kappa shape index (κ1) is 17.2. The summed E-state index contributed by atoms with van der Waals surface area (Å²) in [6.07, 6.45) is 3.64. The lowest BCUT2D eigenvalue weighted by atomic mass is 10.0. The Balaban J connectivity index is 1.59.